The first kappa shape index (κ1) is 27.7. The molecule has 6 aromatic carbocycles. The highest BCUT2D eigenvalue weighted by Crippen LogP contribution is 2.43. The van der Waals surface area contributed by atoms with Crippen molar-refractivity contribution in [3.63, 3.8) is 0 Å². The lowest BCUT2D eigenvalue weighted by Gasteiger charge is -2.21. The Hall–Kier alpha value is -5.80. The summed E-state index contributed by atoms with van der Waals surface area (Å²) in [7, 11) is 0. The van der Waals surface area contributed by atoms with Crippen molar-refractivity contribution in [1.29, 1.82) is 5.26 Å². The molecular weight excluding hydrogens is 579 g/mol. The fourth-order valence-corrected chi connectivity index (χ4v) is 6.91. The molecule has 46 heavy (non-hydrogen) atoms. The molecule has 0 spiro atoms. The van der Waals surface area contributed by atoms with E-state index in [4.69, 9.17) is 0 Å². The molecule has 0 saturated heterocycles. The van der Waals surface area contributed by atoms with Crippen LogP contribution in [0.4, 0.5) is 13.2 Å². The highest BCUT2D eigenvalue weighted by atomic mass is 19.4. The van der Waals surface area contributed by atoms with Gasteiger partial charge in [-0.3, -0.25) is 0 Å². The Labute approximate surface area is 263 Å². The highest BCUT2D eigenvalue weighted by Gasteiger charge is 2.34. The van der Waals surface area contributed by atoms with Gasteiger partial charge in [0.15, 0.2) is 0 Å². The number of nitriles is 1. The topological polar surface area (TPSA) is 33.6 Å². The minimum absolute atomic E-state index is 0.0225. The average Bonchev–Trinajstić information content (AvgIpc) is 3.55. The van der Waals surface area contributed by atoms with Gasteiger partial charge in [0.25, 0.3) is 0 Å². The van der Waals surface area contributed by atoms with Crippen molar-refractivity contribution in [2.75, 3.05) is 0 Å². The van der Waals surface area contributed by atoms with Crippen LogP contribution in [0.2, 0.25) is 0 Å². The zero-order valence-corrected chi connectivity index (χ0v) is 25.0. The fourth-order valence-electron chi connectivity index (χ4n) is 6.91. The van der Waals surface area contributed by atoms with Gasteiger partial charge in [-0.2, -0.15) is 18.4 Å². The van der Waals surface area contributed by atoms with Gasteiger partial charge in [0.2, 0.25) is 0 Å². The van der Waals surface area contributed by atoms with E-state index in [1.807, 2.05) is 56.3 Å². The van der Waals surface area contributed by atoms with Gasteiger partial charge in [0.05, 0.1) is 44.6 Å². The van der Waals surface area contributed by atoms with E-state index in [9.17, 15) is 18.4 Å². The van der Waals surface area contributed by atoms with Gasteiger partial charge in [0, 0.05) is 21.5 Å². The zero-order chi connectivity index (χ0) is 31.7. The molecule has 222 valence electrons. The van der Waals surface area contributed by atoms with E-state index in [0.29, 0.717) is 16.9 Å². The summed E-state index contributed by atoms with van der Waals surface area (Å²) < 4.78 is 47.3. The monoisotopic (exact) mass is 605 g/mol. The Kier molecular flexibility index (Phi) is 6.10. The average molecular weight is 606 g/mol. The summed E-state index contributed by atoms with van der Waals surface area (Å²) in [5.74, 6) is 0. The number of fused-ring (bicyclic) bond motifs is 6. The van der Waals surface area contributed by atoms with Gasteiger partial charge in [-0.15, -0.1) is 0 Å². The molecule has 0 radical (unpaired) electrons. The molecule has 0 fully saturated rings. The van der Waals surface area contributed by atoms with E-state index in [1.54, 1.807) is 12.1 Å². The van der Waals surface area contributed by atoms with Crippen LogP contribution in [0.5, 0.6) is 0 Å². The summed E-state index contributed by atoms with van der Waals surface area (Å²) >= 11 is 0. The Morgan fingerprint density at radius 3 is 1.70 bits per heavy atom. The third-order valence-electron chi connectivity index (χ3n) is 8.88. The number of halogens is 3. The molecule has 0 unspecified atom stereocenters. The maximum absolute atomic E-state index is 14.4. The van der Waals surface area contributed by atoms with Gasteiger partial charge in [-0.25, -0.2) is 0 Å². The van der Waals surface area contributed by atoms with Crippen LogP contribution in [0.3, 0.4) is 0 Å². The second kappa shape index (κ2) is 10.1. The van der Waals surface area contributed by atoms with Crippen LogP contribution in [0.1, 0.15) is 22.3 Å². The third-order valence-corrected chi connectivity index (χ3v) is 8.88. The second-order valence-electron chi connectivity index (χ2n) is 11.8. The number of para-hydroxylation sites is 2. The number of aromatic nitrogens is 2. The molecule has 3 nitrogen and oxygen atoms in total. The van der Waals surface area contributed by atoms with E-state index in [2.05, 4.69) is 63.7 Å². The molecule has 2 aromatic heterocycles. The van der Waals surface area contributed by atoms with Gasteiger partial charge in [-0.1, -0.05) is 78.9 Å². The van der Waals surface area contributed by atoms with Gasteiger partial charge in [-0.05, 0) is 78.6 Å². The van der Waals surface area contributed by atoms with Crippen molar-refractivity contribution in [3.8, 4) is 28.6 Å². The van der Waals surface area contributed by atoms with Crippen LogP contribution in [-0.2, 0) is 6.18 Å². The van der Waals surface area contributed by atoms with Gasteiger partial charge in [0.1, 0.15) is 6.07 Å². The first-order valence-corrected chi connectivity index (χ1v) is 15.0. The van der Waals surface area contributed by atoms with E-state index in [1.165, 1.54) is 12.1 Å². The second-order valence-corrected chi connectivity index (χ2v) is 11.8. The van der Waals surface area contributed by atoms with E-state index >= 15 is 0 Å². The Morgan fingerprint density at radius 1 is 0.565 bits per heavy atom. The molecule has 0 bridgehead atoms. The number of benzene rings is 6. The van der Waals surface area contributed by atoms with E-state index in [0.717, 1.165) is 60.8 Å². The van der Waals surface area contributed by atoms with Crippen LogP contribution in [0.25, 0.3) is 66.1 Å². The van der Waals surface area contributed by atoms with Crippen LogP contribution in [0.15, 0.2) is 121 Å². The van der Waals surface area contributed by atoms with Crippen molar-refractivity contribution in [2.45, 2.75) is 20.0 Å². The normalized spacial score (nSPS) is 12.0. The molecular formula is C40H26F3N3. The summed E-state index contributed by atoms with van der Waals surface area (Å²) in [5, 5.41) is 14.9. The van der Waals surface area contributed by atoms with Crippen molar-refractivity contribution < 1.29 is 13.2 Å². The molecule has 0 N–H and O–H groups in total. The number of aryl methyl sites for hydroxylation is 2. The summed E-state index contributed by atoms with van der Waals surface area (Å²) in [4.78, 5) is 0. The van der Waals surface area contributed by atoms with E-state index in [-0.39, 0.29) is 11.1 Å². The van der Waals surface area contributed by atoms with Crippen molar-refractivity contribution in [2.24, 2.45) is 0 Å². The van der Waals surface area contributed by atoms with Crippen LogP contribution < -0.4 is 0 Å². The van der Waals surface area contributed by atoms with Gasteiger partial charge >= 0.3 is 6.18 Å². The summed E-state index contributed by atoms with van der Waals surface area (Å²) in [6.07, 6.45) is -4.57. The molecule has 0 atom stereocenters. The smallest absolute Gasteiger partial charge is 0.307 e. The molecule has 0 aliphatic heterocycles. The Balaban J connectivity index is 1.61. The quantitative estimate of drug-likeness (QED) is 0.197. The fraction of sp³-hybridized carbons (Fsp3) is 0.0750. The number of hydrogen-bond acceptors (Lipinski definition) is 1. The molecule has 2 heterocycles. The highest BCUT2D eigenvalue weighted by molar-refractivity contribution is 6.12. The largest absolute Gasteiger partial charge is 0.417 e. The Morgan fingerprint density at radius 2 is 1.09 bits per heavy atom. The maximum atomic E-state index is 14.4. The number of alkyl halides is 3. The van der Waals surface area contributed by atoms with Crippen LogP contribution >= 0.6 is 0 Å². The predicted molar refractivity (Wildman–Crippen MR) is 180 cm³/mol. The summed E-state index contributed by atoms with van der Waals surface area (Å²) in [5.41, 5.74) is 6.81. The van der Waals surface area contributed by atoms with E-state index < -0.39 is 11.7 Å². The van der Waals surface area contributed by atoms with Crippen LogP contribution in [0, 0.1) is 25.2 Å². The number of hydrogen-bond donors (Lipinski definition) is 0. The first-order valence-electron chi connectivity index (χ1n) is 15.0. The van der Waals surface area contributed by atoms with Crippen molar-refractivity contribution in [1.82, 2.24) is 9.13 Å². The van der Waals surface area contributed by atoms with Crippen LogP contribution in [-0.4, -0.2) is 9.13 Å². The molecule has 8 aromatic rings. The number of rotatable bonds is 3. The first-order chi connectivity index (χ1) is 22.2. The summed E-state index contributed by atoms with van der Waals surface area (Å²) in [6.45, 7) is 4.05. The Bertz CT molecular complexity index is 2560. The zero-order valence-electron chi connectivity index (χ0n) is 25.0. The summed E-state index contributed by atoms with van der Waals surface area (Å²) in [6, 6.07) is 39.9. The molecule has 0 saturated carbocycles. The minimum Gasteiger partial charge on any atom is -0.307 e. The molecule has 0 aliphatic carbocycles. The lowest BCUT2D eigenvalue weighted by Crippen LogP contribution is -2.09. The lowest BCUT2D eigenvalue weighted by atomic mass is 9.95. The minimum atomic E-state index is -4.57. The number of nitrogens with zero attached hydrogens (tertiary/aromatic N) is 3. The SMILES string of the molecule is Cc1ccc2c3ccccc3n(-c3cc(-c4ccccc4C(F)(F)F)cc(C#N)c3-n3c4ccccc4c4ccc(C)cc43)c2c1. The van der Waals surface area contributed by atoms with Gasteiger partial charge < -0.3 is 9.13 Å². The molecule has 0 aliphatic rings. The van der Waals surface area contributed by atoms with Crippen molar-refractivity contribution in [3.05, 3.63) is 144 Å². The standard InChI is InChI=1S/C40H26F3N3/c1-24-15-17-31-29-10-4-7-13-34(29)45(36(31)19-24)38-22-26(28-9-3-6-12-33(28)40(41,42)43)21-27(23-44)39(38)46-35-14-8-5-11-30(35)32-18-16-25(2)20-37(32)46/h3-22H,1-2H3. The molecule has 6 heteroatoms. The molecule has 8 rings (SSSR count). The third kappa shape index (κ3) is 4.13. The lowest BCUT2D eigenvalue weighted by molar-refractivity contribution is -0.137. The predicted octanol–water partition coefficient (Wildman–Crippen LogP) is 11.1. The van der Waals surface area contributed by atoms with Crippen molar-refractivity contribution >= 4 is 43.6 Å². The maximum Gasteiger partial charge on any atom is 0.417 e. The molecule has 0 amide bonds.